The summed E-state index contributed by atoms with van der Waals surface area (Å²) in [4.78, 5) is 0. The Bertz CT molecular complexity index is 411. The second-order valence-electron chi connectivity index (χ2n) is 4.45. The maximum Gasteiger partial charge on any atom is 0.353 e. The fraction of sp³-hybridized carbons (Fsp3) is 0.800. The first-order valence-electron chi connectivity index (χ1n) is 5.38. The fourth-order valence-electron chi connectivity index (χ4n) is 2.08. The van der Waals surface area contributed by atoms with E-state index in [9.17, 15) is 14.1 Å². The minimum absolute atomic E-state index is 0.153. The fourth-order valence-corrected chi connectivity index (χ4v) is 3.21. The predicted molar refractivity (Wildman–Crippen MR) is 63.6 cm³/mol. The highest BCUT2D eigenvalue weighted by Gasteiger charge is 2.74. The van der Waals surface area contributed by atoms with Gasteiger partial charge in [-0.25, -0.2) is 4.39 Å². The molecule has 1 heterocycles. The van der Waals surface area contributed by atoms with Crippen LogP contribution < -0.4 is 0 Å². The van der Waals surface area contributed by atoms with E-state index < -0.39 is 31.1 Å². The summed E-state index contributed by atoms with van der Waals surface area (Å²) in [5, 5.41) is 9.94. The molecule has 0 unspecified atom stereocenters. The average molecular weight is 301 g/mol. The lowest BCUT2D eigenvalue weighted by atomic mass is 9.96. The minimum Gasteiger partial charge on any atom is -0.386 e. The van der Waals surface area contributed by atoms with Gasteiger partial charge in [0.15, 0.2) is 5.67 Å². The van der Waals surface area contributed by atoms with Gasteiger partial charge in [0.2, 0.25) is 0 Å². The van der Waals surface area contributed by atoms with Crippen LogP contribution in [0.3, 0.4) is 0 Å². The number of aliphatic hydroxyl groups excluding tert-OH is 1. The lowest BCUT2D eigenvalue weighted by Crippen LogP contribution is -2.45. The van der Waals surface area contributed by atoms with Gasteiger partial charge in [-0.1, -0.05) is 0 Å². The summed E-state index contributed by atoms with van der Waals surface area (Å²) in [6.07, 6.45) is -0.606. The molecule has 1 saturated heterocycles. The van der Waals surface area contributed by atoms with Gasteiger partial charge in [-0.05, 0) is 6.08 Å². The molecule has 0 spiro atoms. The predicted octanol–water partition coefficient (Wildman–Crippen LogP) is 1.84. The van der Waals surface area contributed by atoms with Gasteiger partial charge in [0, 0.05) is 26.5 Å². The van der Waals surface area contributed by atoms with Crippen molar-refractivity contribution in [3.8, 4) is 0 Å². The molecule has 1 aliphatic heterocycles. The van der Waals surface area contributed by atoms with E-state index >= 15 is 0 Å². The van der Waals surface area contributed by atoms with Crippen LogP contribution in [0.1, 0.15) is 6.42 Å². The third-order valence-electron chi connectivity index (χ3n) is 3.41. The van der Waals surface area contributed by atoms with Crippen LogP contribution >= 0.6 is 19.2 Å². The summed E-state index contributed by atoms with van der Waals surface area (Å²) in [7, 11) is -0.947. The lowest BCUT2D eigenvalue weighted by Gasteiger charge is -2.29. The molecule has 1 N–H and O–H groups in total. The molecule has 5 nitrogen and oxygen atoms in total. The Morgan fingerprint density at radius 3 is 2.61 bits per heavy atom. The van der Waals surface area contributed by atoms with E-state index in [0.29, 0.717) is 0 Å². The van der Waals surface area contributed by atoms with Crippen molar-refractivity contribution in [1.82, 2.24) is 0 Å². The summed E-state index contributed by atoms with van der Waals surface area (Å²) in [6.45, 7) is 0. The molecule has 104 valence electrons. The van der Waals surface area contributed by atoms with E-state index in [0.717, 1.165) is 5.82 Å². The van der Waals surface area contributed by atoms with Gasteiger partial charge in [-0.2, -0.15) is 0 Å². The number of fused-ring (bicyclic) bond motifs is 1. The Kier molecular flexibility index (Phi) is 3.65. The summed E-state index contributed by atoms with van der Waals surface area (Å²) < 4.78 is 40.6. The van der Waals surface area contributed by atoms with E-state index in [1.165, 1.54) is 20.3 Å². The number of rotatable bonds is 5. The van der Waals surface area contributed by atoms with Gasteiger partial charge in [-0.3, -0.25) is 4.57 Å². The molecule has 0 amide bonds. The maximum absolute atomic E-state index is 13.9. The van der Waals surface area contributed by atoms with Gasteiger partial charge in [0.05, 0.1) is 12.0 Å². The van der Waals surface area contributed by atoms with Gasteiger partial charge < -0.3 is 18.9 Å². The van der Waals surface area contributed by atoms with Gasteiger partial charge in [0.1, 0.15) is 11.7 Å². The molecule has 2 aliphatic rings. The van der Waals surface area contributed by atoms with Crippen molar-refractivity contribution in [3.63, 3.8) is 0 Å². The van der Waals surface area contributed by atoms with Crippen molar-refractivity contribution < 1.29 is 27.8 Å². The summed E-state index contributed by atoms with van der Waals surface area (Å²) in [5.41, 5.74) is -3.13. The Morgan fingerprint density at radius 1 is 1.61 bits per heavy atom. The van der Waals surface area contributed by atoms with Crippen LogP contribution in [0.5, 0.6) is 0 Å². The Labute approximate surface area is 109 Å². The van der Waals surface area contributed by atoms with Crippen molar-refractivity contribution >= 4 is 19.2 Å². The first kappa shape index (κ1) is 14.4. The molecule has 1 aliphatic carbocycles. The molecule has 0 aromatic heterocycles. The molecule has 18 heavy (non-hydrogen) atoms. The highest BCUT2D eigenvalue weighted by Crippen LogP contribution is 2.58. The highest BCUT2D eigenvalue weighted by atomic mass is 35.5. The largest absolute Gasteiger partial charge is 0.386 e. The molecular weight excluding hydrogens is 286 g/mol. The molecule has 8 heteroatoms. The molecule has 1 saturated carbocycles. The van der Waals surface area contributed by atoms with Crippen LogP contribution in [-0.4, -0.2) is 48.7 Å². The molecular formula is C10H15ClFO5P. The second-order valence-corrected chi connectivity index (χ2v) is 6.82. The first-order chi connectivity index (χ1) is 8.36. The van der Waals surface area contributed by atoms with E-state index in [4.69, 9.17) is 25.4 Å². The van der Waals surface area contributed by atoms with Crippen molar-refractivity contribution in [3.05, 3.63) is 11.9 Å². The minimum atomic E-state index is -3.40. The molecule has 0 aromatic rings. The third kappa shape index (κ3) is 2.05. The van der Waals surface area contributed by atoms with Crippen molar-refractivity contribution in [1.29, 1.82) is 0 Å². The molecule has 0 aromatic carbocycles. The van der Waals surface area contributed by atoms with Crippen molar-refractivity contribution in [2.24, 2.45) is 0 Å². The van der Waals surface area contributed by atoms with Crippen LogP contribution in [0.2, 0.25) is 0 Å². The zero-order valence-electron chi connectivity index (χ0n) is 10.0. The van der Waals surface area contributed by atoms with E-state index in [2.05, 4.69) is 0 Å². The SMILES string of the molecule is COP(=O)(/C=C\[C@@]1(CCl)O[C@H]2C[C@]2(F)[C@@H]1O)OC. The van der Waals surface area contributed by atoms with Crippen LogP contribution in [0.25, 0.3) is 0 Å². The monoisotopic (exact) mass is 300 g/mol. The Morgan fingerprint density at radius 2 is 2.22 bits per heavy atom. The van der Waals surface area contributed by atoms with Crippen LogP contribution in [0.15, 0.2) is 11.9 Å². The molecule has 0 bridgehead atoms. The van der Waals surface area contributed by atoms with Crippen LogP contribution in [0.4, 0.5) is 4.39 Å². The number of halogens is 2. The lowest BCUT2D eigenvalue weighted by molar-refractivity contribution is -0.0483. The number of hydrogen-bond donors (Lipinski definition) is 1. The Balaban J connectivity index is 2.21. The molecule has 2 fully saturated rings. The van der Waals surface area contributed by atoms with Crippen molar-refractivity contribution in [2.45, 2.75) is 29.9 Å². The highest BCUT2D eigenvalue weighted by molar-refractivity contribution is 7.57. The summed E-state index contributed by atoms with van der Waals surface area (Å²) in [6, 6.07) is 0. The smallest absolute Gasteiger partial charge is 0.353 e. The third-order valence-corrected chi connectivity index (χ3v) is 5.36. The zero-order valence-corrected chi connectivity index (χ0v) is 11.7. The van der Waals surface area contributed by atoms with E-state index in [-0.39, 0.29) is 12.3 Å². The molecule has 4 atom stereocenters. The van der Waals surface area contributed by atoms with Gasteiger partial charge >= 0.3 is 7.60 Å². The molecule has 0 radical (unpaired) electrons. The normalized spacial score (nSPS) is 43.4. The quantitative estimate of drug-likeness (QED) is 0.620. The van der Waals surface area contributed by atoms with Crippen LogP contribution in [0, 0.1) is 0 Å². The number of aliphatic hydroxyl groups is 1. The van der Waals surface area contributed by atoms with Crippen molar-refractivity contribution in [2.75, 3.05) is 20.1 Å². The van der Waals surface area contributed by atoms with Gasteiger partial charge in [-0.15, -0.1) is 11.6 Å². The van der Waals surface area contributed by atoms with E-state index in [1.807, 2.05) is 0 Å². The Hall–Kier alpha value is 0.0300. The van der Waals surface area contributed by atoms with Crippen LogP contribution in [-0.2, 0) is 18.3 Å². The average Bonchev–Trinajstić information content (AvgIpc) is 2.99. The molecule has 2 rings (SSSR count). The maximum atomic E-state index is 13.9. The summed E-state index contributed by atoms with van der Waals surface area (Å²) >= 11 is 5.75. The second kappa shape index (κ2) is 4.54. The zero-order chi connectivity index (χ0) is 13.6. The van der Waals surface area contributed by atoms with Gasteiger partial charge in [0.25, 0.3) is 0 Å². The summed E-state index contributed by atoms with van der Waals surface area (Å²) in [5.74, 6) is 0.979. The first-order valence-corrected chi connectivity index (χ1v) is 7.53. The number of hydrogen-bond acceptors (Lipinski definition) is 5. The standard InChI is InChI=1S/C10H15ClFO5P/c1-15-18(14,16-2)4-3-9(6-11)8(13)10(12)5-7(10)17-9/h3-4,7-8,13H,5-6H2,1-2H3/b4-3-/t7-,8+,9-,10+/m0/s1. The number of ether oxygens (including phenoxy) is 1. The van der Waals surface area contributed by atoms with E-state index in [1.54, 1.807) is 0 Å². The number of alkyl halides is 2. The topological polar surface area (TPSA) is 65.0 Å².